The van der Waals surface area contributed by atoms with Gasteiger partial charge in [0.15, 0.2) is 0 Å². The Labute approximate surface area is 122 Å². The Morgan fingerprint density at radius 2 is 2.37 bits per heavy atom. The van der Waals surface area contributed by atoms with Crippen molar-refractivity contribution in [1.82, 2.24) is 4.90 Å². The maximum atomic E-state index is 9.77. The average molecular weight is 330 g/mol. The van der Waals surface area contributed by atoms with Gasteiger partial charge in [0.2, 0.25) is 0 Å². The van der Waals surface area contributed by atoms with Crippen LogP contribution in [0.5, 0.6) is 5.75 Å². The maximum absolute atomic E-state index is 9.77. The predicted molar refractivity (Wildman–Crippen MR) is 77.5 cm³/mol. The molecule has 1 aliphatic heterocycles. The van der Waals surface area contributed by atoms with Crippen molar-refractivity contribution < 1.29 is 14.6 Å². The number of hydrogen-bond acceptors (Lipinski definition) is 4. The molecule has 106 valence electrons. The zero-order valence-corrected chi connectivity index (χ0v) is 12.9. The van der Waals surface area contributed by atoms with Crippen LogP contribution in [-0.4, -0.2) is 49.5 Å². The Hall–Kier alpha value is -0.620. The van der Waals surface area contributed by atoms with Gasteiger partial charge in [0, 0.05) is 23.1 Å². The first-order valence-corrected chi connectivity index (χ1v) is 7.26. The molecule has 0 saturated carbocycles. The van der Waals surface area contributed by atoms with E-state index < -0.39 is 6.10 Å². The fourth-order valence-corrected chi connectivity index (χ4v) is 2.51. The third kappa shape index (κ3) is 4.18. The van der Waals surface area contributed by atoms with Gasteiger partial charge in [-0.25, -0.2) is 0 Å². The standard InChI is InChI=1S/C14H20BrNO3/c1-10(17)13-7-11(15)3-4-14(13)19-9-12-8-16(2)5-6-18-12/h3-4,7,10,12,17H,5-6,8-9H2,1-2H3/t10-,12?/m0/s1. The second-order valence-corrected chi connectivity index (χ2v) is 5.84. The molecule has 1 aliphatic rings. The van der Waals surface area contributed by atoms with E-state index in [1.165, 1.54) is 0 Å². The molecular weight excluding hydrogens is 310 g/mol. The second kappa shape index (κ2) is 6.70. The molecule has 1 unspecified atom stereocenters. The van der Waals surface area contributed by atoms with Crippen LogP contribution in [0.25, 0.3) is 0 Å². The van der Waals surface area contributed by atoms with E-state index in [1.807, 2.05) is 18.2 Å². The zero-order chi connectivity index (χ0) is 13.8. The number of rotatable bonds is 4. The van der Waals surface area contributed by atoms with Crippen LogP contribution in [0.4, 0.5) is 0 Å². The fraction of sp³-hybridized carbons (Fsp3) is 0.571. The van der Waals surface area contributed by atoms with Gasteiger partial charge in [-0.05, 0) is 32.2 Å². The lowest BCUT2D eigenvalue weighted by Crippen LogP contribution is -2.42. The SMILES string of the molecule is C[C@H](O)c1cc(Br)ccc1OCC1CN(C)CCO1. The summed E-state index contributed by atoms with van der Waals surface area (Å²) in [5.74, 6) is 0.718. The van der Waals surface area contributed by atoms with Gasteiger partial charge in [0.05, 0.1) is 12.7 Å². The number of morpholine rings is 1. The molecule has 2 atom stereocenters. The van der Waals surface area contributed by atoms with E-state index in [2.05, 4.69) is 27.9 Å². The molecule has 1 aromatic carbocycles. The van der Waals surface area contributed by atoms with Crippen molar-refractivity contribution >= 4 is 15.9 Å². The van der Waals surface area contributed by atoms with Crippen LogP contribution >= 0.6 is 15.9 Å². The van der Waals surface area contributed by atoms with Crippen molar-refractivity contribution in [3.63, 3.8) is 0 Å². The van der Waals surface area contributed by atoms with Gasteiger partial charge < -0.3 is 19.5 Å². The molecule has 4 nitrogen and oxygen atoms in total. The van der Waals surface area contributed by atoms with Crippen LogP contribution in [0, 0.1) is 0 Å². The minimum Gasteiger partial charge on any atom is -0.490 e. The van der Waals surface area contributed by atoms with E-state index >= 15 is 0 Å². The van der Waals surface area contributed by atoms with Crippen molar-refractivity contribution in [3.05, 3.63) is 28.2 Å². The summed E-state index contributed by atoms with van der Waals surface area (Å²) in [5, 5.41) is 9.77. The van der Waals surface area contributed by atoms with Crippen LogP contribution in [0.1, 0.15) is 18.6 Å². The second-order valence-electron chi connectivity index (χ2n) is 4.92. The molecule has 1 heterocycles. The summed E-state index contributed by atoms with van der Waals surface area (Å²) >= 11 is 3.40. The summed E-state index contributed by atoms with van der Waals surface area (Å²) in [6, 6.07) is 5.67. The van der Waals surface area contributed by atoms with Gasteiger partial charge in [-0.3, -0.25) is 0 Å². The number of halogens is 1. The summed E-state index contributed by atoms with van der Waals surface area (Å²) in [4.78, 5) is 2.23. The van der Waals surface area contributed by atoms with Crippen LogP contribution in [0.2, 0.25) is 0 Å². The van der Waals surface area contributed by atoms with Gasteiger partial charge in [-0.2, -0.15) is 0 Å². The molecule has 0 amide bonds. The molecule has 19 heavy (non-hydrogen) atoms. The Morgan fingerprint density at radius 1 is 1.58 bits per heavy atom. The highest BCUT2D eigenvalue weighted by atomic mass is 79.9. The van der Waals surface area contributed by atoms with E-state index in [0.717, 1.165) is 35.5 Å². The van der Waals surface area contributed by atoms with Crippen LogP contribution < -0.4 is 4.74 Å². The average Bonchev–Trinajstić information content (AvgIpc) is 2.37. The number of aliphatic hydroxyl groups is 1. The first-order valence-electron chi connectivity index (χ1n) is 6.46. The fourth-order valence-electron chi connectivity index (χ4n) is 2.13. The number of ether oxygens (including phenoxy) is 2. The zero-order valence-electron chi connectivity index (χ0n) is 11.3. The summed E-state index contributed by atoms with van der Waals surface area (Å²) in [5.41, 5.74) is 0.790. The summed E-state index contributed by atoms with van der Waals surface area (Å²) < 4.78 is 12.4. The first kappa shape index (κ1) is 14.8. The normalized spacial score (nSPS) is 22.2. The van der Waals surface area contributed by atoms with E-state index in [-0.39, 0.29) is 6.10 Å². The van der Waals surface area contributed by atoms with Crippen molar-refractivity contribution in [2.45, 2.75) is 19.1 Å². The highest BCUT2D eigenvalue weighted by Gasteiger charge is 2.19. The topological polar surface area (TPSA) is 41.9 Å². The molecule has 0 aliphatic carbocycles. The van der Waals surface area contributed by atoms with Crippen LogP contribution in [0.3, 0.4) is 0 Å². The van der Waals surface area contributed by atoms with E-state index in [4.69, 9.17) is 9.47 Å². The molecule has 2 rings (SSSR count). The molecule has 0 radical (unpaired) electrons. The van der Waals surface area contributed by atoms with Gasteiger partial charge in [-0.15, -0.1) is 0 Å². The summed E-state index contributed by atoms with van der Waals surface area (Å²) in [6.45, 7) is 4.83. The largest absolute Gasteiger partial charge is 0.490 e. The maximum Gasteiger partial charge on any atom is 0.125 e. The van der Waals surface area contributed by atoms with Gasteiger partial charge in [-0.1, -0.05) is 15.9 Å². The number of likely N-dealkylation sites (N-methyl/N-ethyl adjacent to an activating group) is 1. The minimum absolute atomic E-state index is 0.0873. The Morgan fingerprint density at radius 3 is 3.05 bits per heavy atom. The lowest BCUT2D eigenvalue weighted by Gasteiger charge is -2.30. The molecule has 1 N–H and O–H groups in total. The molecule has 1 aromatic rings. The van der Waals surface area contributed by atoms with E-state index in [1.54, 1.807) is 6.92 Å². The third-order valence-corrected chi connectivity index (χ3v) is 3.68. The Bertz CT molecular complexity index is 425. The van der Waals surface area contributed by atoms with Crippen molar-refractivity contribution in [2.24, 2.45) is 0 Å². The van der Waals surface area contributed by atoms with E-state index in [9.17, 15) is 5.11 Å². The lowest BCUT2D eigenvalue weighted by molar-refractivity contribution is -0.0407. The highest BCUT2D eigenvalue weighted by Crippen LogP contribution is 2.28. The first-order chi connectivity index (χ1) is 9.06. The van der Waals surface area contributed by atoms with Crippen LogP contribution in [-0.2, 0) is 4.74 Å². The van der Waals surface area contributed by atoms with Crippen molar-refractivity contribution in [3.8, 4) is 5.75 Å². The Kier molecular flexibility index (Phi) is 5.21. The molecule has 1 fully saturated rings. The minimum atomic E-state index is -0.553. The number of benzene rings is 1. The smallest absolute Gasteiger partial charge is 0.125 e. The molecule has 0 spiro atoms. The molecule has 0 bridgehead atoms. The van der Waals surface area contributed by atoms with Gasteiger partial charge >= 0.3 is 0 Å². The molecule has 0 aromatic heterocycles. The summed E-state index contributed by atoms with van der Waals surface area (Å²) in [6.07, 6.45) is -0.466. The van der Waals surface area contributed by atoms with E-state index in [0.29, 0.717) is 6.61 Å². The Balaban J connectivity index is 1.99. The molecule has 5 heteroatoms. The van der Waals surface area contributed by atoms with Gasteiger partial charge in [0.25, 0.3) is 0 Å². The highest BCUT2D eigenvalue weighted by molar-refractivity contribution is 9.10. The van der Waals surface area contributed by atoms with Crippen molar-refractivity contribution in [2.75, 3.05) is 33.4 Å². The quantitative estimate of drug-likeness (QED) is 0.919. The predicted octanol–water partition coefficient (Wildman–Crippen LogP) is 2.21. The van der Waals surface area contributed by atoms with Crippen LogP contribution in [0.15, 0.2) is 22.7 Å². The number of nitrogens with zero attached hydrogens (tertiary/aromatic N) is 1. The monoisotopic (exact) mass is 329 g/mol. The van der Waals surface area contributed by atoms with Gasteiger partial charge in [0.1, 0.15) is 18.5 Å². The van der Waals surface area contributed by atoms with Crippen molar-refractivity contribution in [1.29, 1.82) is 0 Å². The third-order valence-electron chi connectivity index (χ3n) is 3.19. The summed E-state index contributed by atoms with van der Waals surface area (Å²) in [7, 11) is 2.08. The number of hydrogen-bond donors (Lipinski definition) is 1. The number of aliphatic hydroxyl groups excluding tert-OH is 1. The molecule has 1 saturated heterocycles. The molecular formula is C14H20BrNO3. The lowest BCUT2D eigenvalue weighted by atomic mass is 10.1.